The number of ether oxygens (including phenoxy) is 2. The molecule has 9 nitrogen and oxygen atoms in total. The first-order chi connectivity index (χ1) is 17.8. The number of halogens is 1. The normalized spacial score (nSPS) is 16.2. The molecule has 1 aliphatic rings. The van der Waals surface area contributed by atoms with E-state index < -0.39 is 26.8 Å². The van der Waals surface area contributed by atoms with Crippen molar-refractivity contribution in [3.63, 3.8) is 0 Å². The van der Waals surface area contributed by atoms with E-state index in [9.17, 15) is 17.6 Å². The van der Waals surface area contributed by atoms with Gasteiger partial charge in [-0.15, -0.1) is 0 Å². The van der Waals surface area contributed by atoms with Gasteiger partial charge < -0.3 is 15.2 Å². The molecular weight excluding hydrogens is 511 g/mol. The van der Waals surface area contributed by atoms with Gasteiger partial charge in [-0.25, -0.2) is 19.1 Å². The lowest BCUT2D eigenvalue weighted by atomic mass is 10.1. The molecule has 0 radical (unpaired) electrons. The average Bonchev–Trinajstić information content (AvgIpc) is 3.46. The van der Waals surface area contributed by atoms with Gasteiger partial charge in [0.1, 0.15) is 22.9 Å². The number of hydrogen-bond donors (Lipinski definition) is 2. The lowest BCUT2D eigenvalue weighted by Crippen LogP contribution is -2.31. The molecule has 2 aromatic heterocycles. The first kappa shape index (κ1) is 27.3. The largest absolute Gasteiger partial charge is 0.493 e. The summed E-state index contributed by atoms with van der Waals surface area (Å²) in [6, 6.07) is 11.2. The number of nitrogens with one attached hydrogen (secondary N) is 1. The summed E-state index contributed by atoms with van der Waals surface area (Å²) >= 11 is 0. The highest BCUT2D eigenvalue weighted by atomic mass is 32.2. The Bertz CT molecular complexity index is 1480. The van der Waals surface area contributed by atoms with E-state index in [1.54, 1.807) is 6.07 Å². The number of hydrogen-bond acceptors (Lipinski definition) is 8. The number of anilines is 1. The van der Waals surface area contributed by atoms with Crippen molar-refractivity contribution in [1.82, 2.24) is 14.7 Å². The number of nitrogens with zero attached hydrogens (tertiary/aromatic N) is 2. The predicted octanol–water partition coefficient (Wildman–Crippen LogP) is 5.18. The molecule has 11 heteroatoms. The van der Waals surface area contributed by atoms with Crippen LogP contribution in [0.5, 0.6) is 11.6 Å². The monoisotopic (exact) mass is 548 g/mol. The van der Waals surface area contributed by atoms with Crippen molar-refractivity contribution in [3.05, 3.63) is 59.9 Å². The van der Waals surface area contributed by atoms with Crippen LogP contribution in [0.1, 0.15) is 48.8 Å². The first-order valence-electron chi connectivity index (χ1n) is 12.2. The van der Waals surface area contributed by atoms with Gasteiger partial charge in [0.05, 0.1) is 18.9 Å². The van der Waals surface area contributed by atoms with Crippen LogP contribution in [0.3, 0.4) is 0 Å². The topological polar surface area (TPSA) is 134 Å². The summed E-state index contributed by atoms with van der Waals surface area (Å²) in [7, 11) is -4.31. The summed E-state index contributed by atoms with van der Waals surface area (Å²) in [5, 5.41) is -0.397. The second-order valence-corrected chi connectivity index (χ2v) is 12.1. The molecule has 1 amide bonds. The number of nitrogens with two attached hydrogens (primary N) is 1. The zero-order chi connectivity index (χ0) is 27.7. The zero-order valence-electron chi connectivity index (χ0n) is 21.7. The van der Waals surface area contributed by atoms with E-state index in [4.69, 9.17) is 15.2 Å². The van der Waals surface area contributed by atoms with Crippen LogP contribution in [0.15, 0.2) is 53.6 Å². The molecule has 0 spiro atoms. The lowest BCUT2D eigenvalue weighted by molar-refractivity contribution is 0.0976. The Hall–Kier alpha value is -3.73. The lowest BCUT2D eigenvalue weighted by Gasteiger charge is -2.14. The van der Waals surface area contributed by atoms with E-state index in [0.717, 1.165) is 6.42 Å². The SMILES string of the molecule is CC(C)COc1cc(F)cc(-c2ccc(C(=O)NS(=O)(=O)c3cccc(N)n3)c(OCC3CC3(C)C)n2)c1.[HH].[HH].[HH]. The Labute approximate surface area is 226 Å². The minimum Gasteiger partial charge on any atom is -0.493 e. The van der Waals surface area contributed by atoms with E-state index in [1.165, 1.54) is 42.5 Å². The highest BCUT2D eigenvalue weighted by Crippen LogP contribution is 2.51. The van der Waals surface area contributed by atoms with Crippen molar-refractivity contribution in [1.29, 1.82) is 0 Å². The fourth-order valence-corrected chi connectivity index (χ4v) is 4.73. The summed E-state index contributed by atoms with van der Waals surface area (Å²) in [6.45, 7) is 8.89. The molecule has 1 saturated carbocycles. The van der Waals surface area contributed by atoms with Crippen LogP contribution in [0.2, 0.25) is 0 Å². The van der Waals surface area contributed by atoms with Crippen molar-refractivity contribution < 1.29 is 31.4 Å². The van der Waals surface area contributed by atoms with E-state index in [0.29, 0.717) is 30.2 Å². The number of benzene rings is 1. The maximum Gasteiger partial charge on any atom is 0.281 e. The van der Waals surface area contributed by atoms with Crippen LogP contribution in [0.25, 0.3) is 11.3 Å². The Morgan fingerprint density at radius 3 is 2.58 bits per heavy atom. The van der Waals surface area contributed by atoms with Gasteiger partial charge in [-0.05, 0) is 60.1 Å². The summed E-state index contributed by atoms with van der Waals surface area (Å²) in [6.07, 6.45) is 0.949. The molecule has 0 bridgehead atoms. The van der Waals surface area contributed by atoms with Gasteiger partial charge in [0, 0.05) is 15.9 Å². The maximum absolute atomic E-state index is 14.4. The molecule has 38 heavy (non-hydrogen) atoms. The van der Waals surface area contributed by atoms with E-state index in [2.05, 4.69) is 23.8 Å². The number of carbonyl (C=O) groups excluding carboxylic acids is 1. The second kappa shape index (κ2) is 10.6. The zero-order valence-corrected chi connectivity index (χ0v) is 22.5. The van der Waals surface area contributed by atoms with E-state index in [1.807, 2.05) is 18.6 Å². The summed E-state index contributed by atoms with van der Waals surface area (Å²) in [5.41, 5.74) is 6.36. The highest BCUT2D eigenvalue weighted by Gasteiger charge is 2.46. The van der Waals surface area contributed by atoms with E-state index >= 15 is 0 Å². The standard InChI is InChI=1S/C27H31FN4O5S.3H2/c1-16(2)14-36-20-11-17(10-19(28)12-20)22-9-8-21(26(30-22)37-15-18-13-27(18,3)4)25(33)32-38(34,35)24-7-5-6-23(29)31-24;;;/h5-12,16,18H,13-15H2,1-4H3,(H2,29,31)(H,32,33);3*1H. The number of aromatic nitrogens is 2. The van der Waals surface area contributed by atoms with Crippen LogP contribution in [-0.2, 0) is 10.0 Å². The predicted molar refractivity (Wildman–Crippen MR) is 147 cm³/mol. The van der Waals surface area contributed by atoms with Gasteiger partial charge in [0.15, 0.2) is 5.03 Å². The fourth-order valence-electron chi connectivity index (χ4n) is 3.79. The summed E-state index contributed by atoms with van der Waals surface area (Å²) in [4.78, 5) is 21.3. The van der Waals surface area contributed by atoms with Gasteiger partial charge in [-0.1, -0.05) is 33.8 Å². The molecule has 1 aliphatic carbocycles. The third kappa shape index (κ3) is 6.58. The minimum absolute atomic E-state index is 0. The second-order valence-electron chi connectivity index (χ2n) is 10.5. The van der Waals surface area contributed by atoms with Crippen LogP contribution < -0.4 is 19.9 Å². The van der Waals surface area contributed by atoms with Gasteiger partial charge in [-0.2, -0.15) is 8.42 Å². The molecule has 1 fully saturated rings. The maximum atomic E-state index is 14.4. The van der Waals surface area contributed by atoms with Crippen molar-refractivity contribution in [2.75, 3.05) is 18.9 Å². The van der Waals surface area contributed by atoms with Crippen LogP contribution in [0, 0.1) is 23.1 Å². The molecule has 1 atom stereocenters. The number of rotatable bonds is 10. The fraction of sp³-hybridized carbons (Fsp3) is 0.370. The molecule has 2 heterocycles. The minimum atomic E-state index is -4.31. The van der Waals surface area contributed by atoms with Gasteiger partial charge in [-0.3, -0.25) is 4.79 Å². The van der Waals surface area contributed by atoms with E-state index in [-0.39, 0.29) is 38.8 Å². The average molecular weight is 549 g/mol. The summed E-state index contributed by atoms with van der Waals surface area (Å²) in [5.74, 6) is -0.661. The quantitative estimate of drug-likeness (QED) is 0.354. The molecule has 3 aromatic rings. The highest BCUT2D eigenvalue weighted by molar-refractivity contribution is 7.90. The number of sulfonamides is 1. The van der Waals surface area contributed by atoms with Gasteiger partial charge >= 0.3 is 0 Å². The molecule has 4 rings (SSSR count). The molecule has 208 valence electrons. The molecule has 3 N–H and O–H groups in total. The van der Waals surface area contributed by atoms with Crippen LogP contribution in [0.4, 0.5) is 10.2 Å². The first-order valence-corrected chi connectivity index (χ1v) is 13.7. The molecule has 1 aromatic carbocycles. The smallest absolute Gasteiger partial charge is 0.281 e. The molecule has 0 saturated heterocycles. The van der Waals surface area contributed by atoms with Gasteiger partial charge in [0.25, 0.3) is 15.9 Å². The Balaban J connectivity index is 0.00000280. The Morgan fingerprint density at radius 2 is 1.92 bits per heavy atom. The third-order valence-corrected chi connectivity index (χ3v) is 7.47. The van der Waals surface area contributed by atoms with Gasteiger partial charge in [0.2, 0.25) is 5.88 Å². The Morgan fingerprint density at radius 1 is 1.18 bits per heavy atom. The van der Waals surface area contributed by atoms with Crippen molar-refractivity contribution in [3.8, 4) is 22.9 Å². The molecule has 0 aliphatic heterocycles. The number of carbonyl (C=O) groups is 1. The Kier molecular flexibility index (Phi) is 7.59. The molecule has 1 unspecified atom stereocenters. The number of pyridine rings is 2. The number of amides is 1. The van der Waals surface area contributed by atoms with Crippen LogP contribution in [-0.4, -0.2) is 37.5 Å². The van der Waals surface area contributed by atoms with Crippen molar-refractivity contribution in [2.45, 2.75) is 39.1 Å². The van der Waals surface area contributed by atoms with Crippen molar-refractivity contribution in [2.24, 2.45) is 17.3 Å². The van der Waals surface area contributed by atoms with Crippen molar-refractivity contribution >= 4 is 21.7 Å². The summed E-state index contributed by atoms with van der Waals surface area (Å²) < 4.78 is 53.5. The third-order valence-electron chi connectivity index (χ3n) is 6.24. The molecular formula is C27H37FN4O5S. The number of nitrogen functional groups attached to an aromatic ring is 1. The van der Waals surface area contributed by atoms with Crippen LogP contribution >= 0.6 is 0 Å².